The zero-order valence-corrected chi connectivity index (χ0v) is 15.6. The van der Waals surface area contributed by atoms with Gasteiger partial charge in [-0.1, -0.05) is 23.2 Å². The van der Waals surface area contributed by atoms with E-state index in [4.69, 9.17) is 28.9 Å². The van der Waals surface area contributed by atoms with Gasteiger partial charge in [-0.05, 0) is 55.7 Å². The normalized spacial score (nSPS) is 14.2. The topological polar surface area (TPSA) is 75.4 Å². The molecule has 1 aliphatic rings. The number of hydrogen-bond acceptors (Lipinski definition) is 3. The standard InChI is InChI=1S/C19H19Cl2N3O2/c20-13-5-6-14(15(21)11-13)19(26)23-16-10-12(18(22)25)4-7-17(16)24-8-2-1-3-9-24/h4-7,10-11H,1-3,8-9H2,(H2,22,25)(H,23,26). The highest BCUT2D eigenvalue weighted by molar-refractivity contribution is 6.37. The molecule has 26 heavy (non-hydrogen) atoms. The summed E-state index contributed by atoms with van der Waals surface area (Å²) in [5.74, 6) is -0.915. The van der Waals surface area contributed by atoms with Gasteiger partial charge in [-0.15, -0.1) is 0 Å². The summed E-state index contributed by atoms with van der Waals surface area (Å²) in [5, 5.41) is 3.58. The molecule has 0 radical (unpaired) electrons. The Bertz CT molecular complexity index is 849. The third kappa shape index (κ3) is 4.11. The highest BCUT2D eigenvalue weighted by Crippen LogP contribution is 2.31. The molecular formula is C19H19Cl2N3O2. The average Bonchev–Trinajstić information content (AvgIpc) is 2.62. The molecule has 1 saturated heterocycles. The van der Waals surface area contributed by atoms with Crippen LogP contribution in [-0.4, -0.2) is 24.9 Å². The van der Waals surface area contributed by atoms with Gasteiger partial charge in [0.1, 0.15) is 0 Å². The van der Waals surface area contributed by atoms with Gasteiger partial charge in [-0.3, -0.25) is 9.59 Å². The molecule has 1 heterocycles. The number of hydrogen-bond donors (Lipinski definition) is 2. The predicted molar refractivity (Wildman–Crippen MR) is 105 cm³/mol. The van der Waals surface area contributed by atoms with Crippen molar-refractivity contribution in [2.24, 2.45) is 5.73 Å². The van der Waals surface area contributed by atoms with Gasteiger partial charge in [0, 0.05) is 23.7 Å². The Labute approximate surface area is 162 Å². The molecule has 2 aromatic rings. The van der Waals surface area contributed by atoms with E-state index >= 15 is 0 Å². The third-order valence-corrected chi connectivity index (χ3v) is 4.95. The van der Waals surface area contributed by atoms with Crippen molar-refractivity contribution in [3.8, 4) is 0 Å². The lowest BCUT2D eigenvalue weighted by Crippen LogP contribution is -2.30. The lowest BCUT2D eigenvalue weighted by molar-refractivity contribution is 0.0996. The Kier molecular flexibility index (Phi) is 5.69. The number of nitrogens with zero attached hydrogens (tertiary/aromatic N) is 1. The van der Waals surface area contributed by atoms with Crippen LogP contribution < -0.4 is 16.0 Å². The summed E-state index contributed by atoms with van der Waals surface area (Å²) in [7, 11) is 0. The molecule has 0 saturated carbocycles. The molecule has 0 aliphatic carbocycles. The van der Waals surface area contributed by atoms with Gasteiger partial charge < -0.3 is 16.0 Å². The first-order valence-corrected chi connectivity index (χ1v) is 9.16. The molecule has 0 aromatic heterocycles. The van der Waals surface area contributed by atoms with Crippen molar-refractivity contribution < 1.29 is 9.59 Å². The van der Waals surface area contributed by atoms with E-state index in [2.05, 4.69) is 10.2 Å². The number of primary amides is 1. The van der Waals surface area contributed by atoms with Crippen molar-refractivity contribution in [1.82, 2.24) is 0 Å². The summed E-state index contributed by atoms with van der Waals surface area (Å²) in [6, 6.07) is 9.80. The molecule has 3 N–H and O–H groups in total. The maximum atomic E-state index is 12.7. The largest absolute Gasteiger partial charge is 0.370 e. The summed E-state index contributed by atoms with van der Waals surface area (Å²) in [5.41, 5.74) is 7.45. The minimum Gasteiger partial charge on any atom is -0.370 e. The Morgan fingerprint density at radius 2 is 1.73 bits per heavy atom. The molecular weight excluding hydrogens is 373 g/mol. The first-order valence-electron chi connectivity index (χ1n) is 8.41. The van der Waals surface area contributed by atoms with E-state index in [0.717, 1.165) is 31.6 Å². The minimum atomic E-state index is -0.546. The van der Waals surface area contributed by atoms with E-state index in [-0.39, 0.29) is 10.9 Å². The minimum absolute atomic E-state index is 0.264. The average molecular weight is 392 g/mol. The second kappa shape index (κ2) is 7.98. The van der Waals surface area contributed by atoms with Crippen LogP contribution in [0.2, 0.25) is 10.0 Å². The first-order chi connectivity index (χ1) is 12.5. The van der Waals surface area contributed by atoms with Gasteiger partial charge >= 0.3 is 0 Å². The smallest absolute Gasteiger partial charge is 0.257 e. The molecule has 2 amide bonds. The second-order valence-corrected chi connectivity index (χ2v) is 7.07. The van der Waals surface area contributed by atoms with Crippen molar-refractivity contribution in [3.05, 3.63) is 57.6 Å². The van der Waals surface area contributed by atoms with E-state index < -0.39 is 5.91 Å². The number of rotatable bonds is 4. The summed E-state index contributed by atoms with van der Waals surface area (Å²) in [6.07, 6.45) is 3.37. The second-order valence-electron chi connectivity index (χ2n) is 6.22. The molecule has 136 valence electrons. The number of anilines is 2. The van der Waals surface area contributed by atoms with Crippen LogP contribution >= 0.6 is 23.2 Å². The van der Waals surface area contributed by atoms with Crippen LogP contribution in [0.15, 0.2) is 36.4 Å². The van der Waals surface area contributed by atoms with Crippen molar-refractivity contribution in [2.45, 2.75) is 19.3 Å². The Morgan fingerprint density at radius 3 is 2.38 bits per heavy atom. The number of nitrogens with two attached hydrogens (primary N) is 1. The number of carbonyl (C=O) groups excluding carboxylic acids is 2. The zero-order chi connectivity index (χ0) is 18.7. The van der Waals surface area contributed by atoms with Gasteiger partial charge in [0.05, 0.1) is 22.0 Å². The van der Waals surface area contributed by atoms with Crippen LogP contribution in [0.1, 0.15) is 40.0 Å². The quantitative estimate of drug-likeness (QED) is 0.813. The molecule has 7 heteroatoms. The Hall–Kier alpha value is -2.24. The summed E-state index contributed by atoms with van der Waals surface area (Å²) >= 11 is 12.0. The van der Waals surface area contributed by atoms with Crippen LogP contribution in [0.4, 0.5) is 11.4 Å². The predicted octanol–water partition coefficient (Wildman–Crippen LogP) is 4.33. The summed E-state index contributed by atoms with van der Waals surface area (Å²) in [4.78, 5) is 26.4. The molecule has 5 nitrogen and oxygen atoms in total. The number of halogens is 2. The Morgan fingerprint density at radius 1 is 1.00 bits per heavy atom. The van der Waals surface area contributed by atoms with E-state index in [1.807, 2.05) is 6.07 Å². The van der Waals surface area contributed by atoms with Gasteiger partial charge in [0.25, 0.3) is 5.91 Å². The van der Waals surface area contributed by atoms with Gasteiger partial charge in [0.15, 0.2) is 0 Å². The fraction of sp³-hybridized carbons (Fsp3) is 0.263. The van der Waals surface area contributed by atoms with E-state index in [1.165, 1.54) is 12.5 Å². The summed E-state index contributed by atoms with van der Waals surface area (Å²) < 4.78 is 0. The number of benzene rings is 2. The highest BCUT2D eigenvalue weighted by atomic mass is 35.5. The summed E-state index contributed by atoms with van der Waals surface area (Å²) in [6.45, 7) is 1.81. The van der Waals surface area contributed by atoms with Crippen molar-refractivity contribution in [1.29, 1.82) is 0 Å². The molecule has 1 fully saturated rings. The van der Waals surface area contributed by atoms with Gasteiger partial charge in [-0.2, -0.15) is 0 Å². The van der Waals surface area contributed by atoms with Crippen LogP contribution in [-0.2, 0) is 0 Å². The van der Waals surface area contributed by atoms with Crippen molar-refractivity contribution in [2.75, 3.05) is 23.3 Å². The first kappa shape index (κ1) is 18.5. The number of piperidine rings is 1. The molecule has 0 atom stereocenters. The molecule has 2 aromatic carbocycles. The number of amides is 2. The molecule has 0 spiro atoms. The van der Waals surface area contributed by atoms with Gasteiger partial charge in [-0.25, -0.2) is 0 Å². The number of carbonyl (C=O) groups is 2. The molecule has 1 aliphatic heterocycles. The van der Waals surface area contributed by atoms with Crippen LogP contribution in [0.5, 0.6) is 0 Å². The monoisotopic (exact) mass is 391 g/mol. The fourth-order valence-corrected chi connectivity index (χ4v) is 3.56. The van der Waals surface area contributed by atoms with Crippen LogP contribution in [0, 0.1) is 0 Å². The third-order valence-electron chi connectivity index (χ3n) is 4.40. The zero-order valence-electron chi connectivity index (χ0n) is 14.1. The maximum Gasteiger partial charge on any atom is 0.257 e. The van der Waals surface area contributed by atoms with Crippen LogP contribution in [0.3, 0.4) is 0 Å². The van der Waals surface area contributed by atoms with Gasteiger partial charge in [0.2, 0.25) is 5.91 Å². The molecule has 0 unspecified atom stereocenters. The van der Waals surface area contributed by atoms with Crippen molar-refractivity contribution >= 4 is 46.4 Å². The lowest BCUT2D eigenvalue weighted by Gasteiger charge is -2.30. The lowest BCUT2D eigenvalue weighted by atomic mass is 10.1. The SMILES string of the molecule is NC(=O)c1ccc(N2CCCCC2)c(NC(=O)c2ccc(Cl)cc2Cl)c1. The van der Waals surface area contributed by atoms with E-state index in [9.17, 15) is 9.59 Å². The van der Waals surface area contributed by atoms with E-state index in [0.29, 0.717) is 21.8 Å². The fourth-order valence-electron chi connectivity index (χ4n) is 3.06. The highest BCUT2D eigenvalue weighted by Gasteiger charge is 2.19. The molecule has 0 bridgehead atoms. The van der Waals surface area contributed by atoms with Crippen LogP contribution in [0.25, 0.3) is 0 Å². The van der Waals surface area contributed by atoms with E-state index in [1.54, 1.807) is 24.3 Å². The molecule has 3 rings (SSSR count). The Balaban J connectivity index is 1.94. The number of nitrogens with one attached hydrogen (secondary N) is 1. The van der Waals surface area contributed by atoms with Crippen molar-refractivity contribution in [3.63, 3.8) is 0 Å². The maximum absolute atomic E-state index is 12.7.